The number of benzene rings is 1. The molecule has 3 rings (SSSR count). The number of hydrogen-bond acceptors (Lipinski definition) is 5. The van der Waals surface area contributed by atoms with Crippen LogP contribution in [0.2, 0.25) is 0 Å². The smallest absolute Gasteiger partial charge is 0.162 e. The van der Waals surface area contributed by atoms with Crippen molar-refractivity contribution in [3.05, 3.63) is 30.0 Å². The Bertz CT molecular complexity index is 617. The third-order valence-electron chi connectivity index (χ3n) is 3.37. The molecule has 1 aliphatic rings. The van der Waals surface area contributed by atoms with Crippen molar-refractivity contribution in [3.8, 4) is 22.9 Å². The first-order valence-electron chi connectivity index (χ1n) is 6.57. The minimum absolute atomic E-state index is 0.499. The largest absolute Gasteiger partial charge is 0.497 e. The molecule has 0 unspecified atom stereocenters. The van der Waals surface area contributed by atoms with Crippen LogP contribution in [0.15, 0.2) is 24.3 Å². The van der Waals surface area contributed by atoms with Gasteiger partial charge < -0.3 is 15.2 Å². The molecule has 0 spiro atoms. The lowest BCUT2D eigenvalue weighted by Crippen LogP contribution is -2.00. The van der Waals surface area contributed by atoms with Crippen LogP contribution in [0.25, 0.3) is 11.4 Å². The van der Waals surface area contributed by atoms with Crippen LogP contribution in [0.1, 0.15) is 24.5 Å². The van der Waals surface area contributed by atoms with Crippen molar-refractivity contribution in [3.63, 3.8) is 0 Å². The molecule has 0 saturated heterocycles. The van der Waals surface area contributed by atoms with Crippen molar-refractivity contribution in [2.75, 3.05) is 20.0 Å². The van der Waals surface area contributed by atoms with Gasteiger partial charge in [0.25, 0.3) is 0 Å². The molecule has 1 heterocycles. The summed E-state index contributed by atoms with van der Waals surface area (Å²) in [6, 6.07) is 7.44. The molecule has 104 valence electrons. The SMILES string of the molecule is COc1cc(OC)cc(-c2nc(N)cc(C3CC3)n2)c1. The zero-order chi connectivity index (χ0) is 14.1. The number of hydrogen-bond donors (Lipinski definition) is 1. The molecule has 1 saturated carbocycles. The Kier molecular flexibility index (Phi) is 3.18. The van der Waals surface area contributed by atoms with Gasteiger partial charge in [0.15, 0.2) is 5.82 Å². The molecule has 0 radical (unpaired) electrons. The third-order valence-corrected chi connectivity index (χ3v) is 3.37. The zero-order valence-electron chi connectivity index (χ0n) is 11.6. The van der Waals surface area contributed by atoms with E-state index in [9.17, 15) is 0 Å². The number of rotatable bonds is 4. The van der Waals surface area contributed by atoms with Crippen LogP contribution < -0.4 is 15.2 Å². The zero-order valence-corrected chi connectivity index (χ0v) is 11.6. The summed E-state index contributed by atoms with van der Waals surface area (Å²) in [6.45, 7) is 0. The van der Waals surface area contributed by atoms with E-state index in [4.69, 9.17) is 15.2 Å². The van der Waals surface area contributed by atoms with Gasteiger partial charge in [0.2, 0.25) is 0 Å². The number of ether oxygens (including phenoxy) is 2. The second-order valence-corrected chi connectivity index (χ2v) is 4.92. The van der Waals surface area contributed by atoms with Gasteiger partial charge in [-0.3, -0.25) is 0 Å². The quantitative estimate of drug-likeness (QED) is 0.925. The molecule has 1 fully saturated rings. The highest BCUT2D eigenvalue weighted by atomic mass is 16.5. The van der Waals surface area contributed by atoms with Crippen LogP contribution >= 0.6 is 0 Å². The molecule has 0 aliphatic heterocycles. The van der Waals surface area contributed by atoms with E-state index in [0.29, 0.717) is 29.1 Å². The normalized spacial score (nSPS) is 14.1. The van der Waals surface area contributed by atoms with E-state index < -0.39 is 0 Å². The Balaban J connectivity index is 2.07. The second kappa shape index (κ2) is 5.00. The highest BCUT2D eigenvalue weighted by Gasteiger charge is 2.26. The van der Waals surface area contributed by atoms with Crippen molar-refractivity contribution < 1.29 is 9.47 Å². The molecule has 2 aromatic rings. The fraction of sp³-hybridized carbons (Fsp3) is 0.333. The molecule has 5 heteroatoms. The highest BCUT2D eigenvalue weighted by Crippen LogP contribution is 2.40. The maximum atomic E-state index is 5.89. The van der Waals surface area contributed by atoms with E-state index in [-0.39, 0.29) is 0 Å². The van der Waals surface area contributed by atoms with Crippen LogP contribution in [0.4, 0.5) is 5.82 Å². The first-order chi connectivity index (χ1) is 9.69. The number of nitrogens with zero attached hydrogens (tertiary/aromatic N) is 2. The van der Waals surface area contributed by atoms with E-state index in [2.05, 4.69) is 9.97 Å². The van der Waals surface area contributed by atoms with Gasteiger partial charge >= 0.3 is 0 Å². The predicted octanol–water partition coefficient (Wildman–Crippen LogP) is 2.62. The average Bonchev–Trinajstić information content (AvgIpc) is 3.30. The summed E-state index contributed by atoms with van der Waals surface area (Å²) in [5.41, 5.74) is 7.76. The maximum absolute atomic E-state index is 5.89. The van der Waals surface area contributed by atoms with Gasteiger partial charge in [-0.1, -0.05) is 0 Å². The van der Waals surface area contributed by atoms with E-state index in [1.165, 1.54) is 12.8 Å². The van der Waals surface area contributed by atoms with Gasteiger partial charge in [0.05, 0.1) is 14.2 Å². The number of nitrogen functional groups attached to an aromatic ring is 1. The minimum Gasteiger partial charge on any atom is -0.497 e. The third kappa shape index (κ3) is 2.52. The van der Waals surface area contributed by atoms with Gasteiger partial charge in [-0.05, 0) is 25.0 Å². The monoisotopic (exact) mass is 271 g/mol. The Labute approximate surface area is 117 Å². The Morgan fingerprint density at radius 3 is 2.20 bits per heavy atom. The molecule has 20 heavy (non-hydrogen) atoms. The Hall–Kier alpha value is -2.30. The molecule has 0 atom stereocenters. The standard InChI is InChI=1S/C15H17N3O2/c1-19-11-5-10(6-12(7-11)20-2)15-17-13(9-3-4-9)8-14(16)18-15/h5-9H,3-4H2,1-2H3,(H2,16,17,18). The highest BCUT2D eigenvalue weighted by molar-refractivity contribution is 5.62. The maximum Gasteiger partial charge on any atom is 0.162 e. The van der Waals surface area contributed by atoms with Gasteiger partial charge in [0.1, 0.15) is 17.3 Å². The first kappa shape index (κ1) is 12.7. The van der Waals surface area contributed by atoms with E-state index >= 15 is 0 Å². The van der Waals surface area contributed by atoms with Crippen molar-refractivity contribution in [1.29, 1.82) is 0 Å². The van der Waals surface area contributed by atoms with Gasteiger partial charge in [-0.2, -0.15) is 0 Å². The summed E-state index contributed by atoms with van der Waals surface area (Å²) >= 11 is 0. The topological polar surface area (TPSA) is 70.3 Å². The summed E-state index contributed by atoms with van der Waals surface area (Å²) in [4.78, 5) is 8.94. The fourth-order valence-electron chi connectivity index (χ4n) is 2.14. The Morgan fingerprint density at radius 1 is 1.00 bits per heavy atom. The van der Waals surface area contributed by atoms with E-state index in [1.54, 1.807) is 14.2 Å². The van der Waals surface area contributed by atoms with Gasteiger partial charge in [-0.15, -0.1) is 0 Å². The number of methoxy groups -OCH3 is 2. The van der Waals surface area contributed by atoms with Crippen molar-refractivity contribution in [2.24, 2.45) is 0 Å². The fourth-order valence-corrected chi connectivity index (χ4v) is 2.14. The first-order valence-corrected chi connectivity index (χ1v) is 6.57. The molecule has 0 amide bonds. The van der Waals surface area contributed by atoms with Crippen LogP contribution in [-0.4, -0.2) is 24.2 Å². The molecular formula is C15H17N3O2. The second-order valence-electron chi connectivity index (χ2n) is 4.92. The lowest BCUT2D eigenvalue weighted by atomic mass is 10.1. The number of anilines is 1. The molecular weight excluding hydrogens is 254 g/mol. The number of nitrogens with two attached hydrogens (primary N) is 1. The average molecular weight is 271 g/mol. The van der Waals surface area contributed by atoms with Crippen LogP contribution in [-0.2, 0) is 0 Å². The lowest BCUT2D eigenvalue weighted by molar-refractivity contribution is 0.394. The van der Waals surface area contributed by atoms with Crippen molar-refractivity contribution >= 4 is 5.82 Å². The Morgan fingerprint density at radius 2 is 1.65 bits per heavy atom. The summed E-state index contributed by atoms with van der Waals surface area (Å²) in [6.07, 6.45) is 2.36. The van der Waals surface area contributed by atoms with Crippen molar-refractivity contribution in [1.82, 2.24) is 9.97 Å². The predicted molar refractivity (Wildman–Crippen MR) is 77.0 cm³/mol. The summed E-state index contributed by atoms with van der Waals surface area (Å²) in [5.74, 6) is 3.06. The summed E-state index contributed by atoms with van der Waals surface area (Å²) < 4.78 is 10.5. The van der Waals surface area contributed by atoms with Crippen LogP contribution in [0.5, 0.6) is 11.5 Å². The molecule has 2 N–H and O–H groups in total. The summed E-state index contributed by atoms with van der Waals surface area (Å²) in [7, 11) is 3.24. The molecule has 5 nitrogen and oxygen atoms in total. The molecule has 0 bridgehead atoms. The summed E-state index contributed by atoms with van der Waals surface area (Å²) in [5, 5.41) is 0. The molecule has 1 aromatic heterocycles. The van der Waals surface area contributed by atoms with E-state index in [1.807, 2.05) is 24.3 Å². The van der Waals surface area contributed by atoms with Crippen LogP contribution in [0.3, 0.4) is 0 Å². The van der Waals surface area contributed by atoms with Gasteiger partial charge in [-0.25, -0.2) is 9.97 Å². The number of aromatic nitrogens is 2. The van der Waals surface area contributed by atoms with Crippen molar-refractivity contribution in [2.45, 2.75) is 18.8 Å². The van der Waals surface area contributed by atoms with Crippen LogP contribution in [0, 0.1) is 0 Å². The minimum atomic E-state index is 0.499. The van der Waals surface area contributed by atoms with E-state index in [0.717, 1.165) is 11.3 Å². The van der Waals surface area contributed by atoms with Gasteiger partial charge in [0, 0.05) is 29.3 Å². The molecule has 1 aliphatic carbocycles. The lowest BCUT2D eigenvalue weighted by Gasteiger charge is -2.09. The molecule has 1 aromatic carbocycles.